The van der Waals surface area contributed by atoms with Crippen LogP contribution in [0, 0.1) is 0 Å². The second-order valence-electron chi connectivity index (χ2n) is 4.67. The van der Waals surface area contributed by atoms with Gasteiger partial charge in [0.15, 0.2) is 0 Å². The Balaban J connectivity index is 1.87. The third-order valence-electron chi connectivity index (χ3n) is 3.28. The van der Waals surface area contributed by atoms with E-state index in [9.17, 15) is 8.42 Å². The molecule has 0 aromatic heterocycles. The van der Waals surface area contributed by atoms with Crippen LogP contribution in [0.3, 0.4) is 0 Å². The molecular formula is C17H14O3S. The van der Waals surface area contributed by atoms with Crippen molar-refractivity contribution in [3.05, 3.63) is 78.4 Å². The minimum Gasteiger partial charge on any atom is -0.262 e. The van der Waals surface area contributed by atoms with Crippen LogP contribution < -0.4 is 0 Å². The lowest BCUT2D eigenvalue weighted by Crippen LogP contribution is -2.06. The fourth-order valence-electron chi connectivity index (χ4n) is 2.21. The summed E-state index contributed by atoms with van der Waals surface area (Å²) >= 11 is 0. The molecular weight excluding hydrogens is 284 g/mol. The molecule has 0 atom stereocenters. The van der Waals surface area contributed by atoms with Gasteiger partial charge in [0.2, 0.25) is 0 Å². The molecule has 0 saturated heterocycles. The molecule has 4 heteroatoms. The number of hydrogen-bond acceptors (Lipinski definition) is 3. The van der Waals surface area contributed by atoms with Gasteiger partial charge in [-0.05, 0) is 28.5 Å². The van der Waals surface area contributed by atoms with Gasteiger partial charge < -0.3 is 0 Å². The average Bonchev–Trinajstić information content (AvgIpc) is 2.54. The normalized spacial score (nSPS) is 11.6. The Morgan fingerprint density at radius 2 is 1.43 bits per heavy atom. The first-order valence-electron chi connectivity index (χ1n) is 6.58. The van der Waals surface area contributed by atoms with Crippen molar-refractivity contribution in [1.29, 1.82) is 0 Å². The topological polar surface area (TPSA) is 43.4 Å². The minimum absolute atomic E-state index is 0.0264. The summed E-state index contributed by atoms with van der Waals surface area (Å²) in [6, 6.07) is 21.8. The molecule has 3 rings (SSSR count). The standard InChI is InChI=1S/C17H14O3S/c18-21(19,16-10-2-1-3-11-16)20-13-15-9-6-8-14-7-4-5-12-17(14)15/h1-12H,13H2. The van der Waals surface area contributed by atoms with Gasteiger partial charge in [-0.2, -0.15) is 8.42 Å². The molecule has 3 aromatic carbocycles. The Morgan fingerprint density at radius 3 is 2.24 bits per heavy atom. The lowest BCUT2D eigenvalue weighted by Gasteiger charge is -2.08. The van der Waals surface area contributed by atoms with Gasteiger partial charge in [0.05, 0.1) is 11.5 Å². The van der Waals surface area contributed by atoms with Crippen LogP contribution in [0.4, 0.5) is 0 Å². The van der Waals surface area contributed by atoms with Crippen LogP contribution in [-0.4, -0.2) is 8.42 Å². The third-order valence-corrected chi connectivity index (χ3v) is 4.56. The van der Waals surface area contributed by atoms with Crippen LogP contribution in [0.2, 0.25) is 0 Å². The van der Waals surface area contributed by atoms with Crippen LogP contribution in [0.1, 0.15) is 5.56 Å². The zero-order valence-electron chi connectivity index (χ0n) is 11.3. The Labute approximate surface area is 123 Å². The first-order chi connectivity index (χ1) is 10.2. The van der Waals surface area contributed by atoms with Gasteiger partial charge in [0.25, 0.3) is 10.1 Å². The van der Waals surface area contributed by atoms with Crippen molar-refractivity contribution in [1.82, 2.24) is 0 Å². The van der Waals surface area contributed by atoms with Gasteiger partial charge >= 0.3 is 0 Å². The highest BCUT2D eigenvalue weighted by atomic mass is 32.2. The van der Waals surface area contributed by atoms with E-state index in [1.54, 1.807) is 18.2 Å². The van der Waals surface area contributed by atoms with Gasteiger partial charge in [-0.1, -0.05) is 60.7 Å². The molecule has 0 fully saturated rings. The van der Waals surface area contributed by atoms with E-state index in [2.05, 4.69) is 0 Å². The van der Waals surface area contributed by atoms with Crippen molar-refractivity contribution >= 4 is 20.9 Å². The summed E-state index contributed by atoms with van der Waals surface area (Å²) in [5, 5.41) is 2.07. The second kappa shape index (κ2) is 5.68. The maximum absolute atomic E-state index is 12.1. The maximum atomic E-state index is 12.1. The highest BCUT2D eigenvalue weighted by molar-refractivity contribution is 7.86. The number of benzene rings is 3. The largest absolute Gasteiger partial charge is 0.297 e. The molecule has 0 aliphatic carbocycles. The second-order valence-corrected chi connectivity index (χ2v) is 6.28. The quantitative estimate of drug-likeness (QED) is 0.689. The van der Waals surface area contributed by atoms with Crippen molar-refractivity contribution in [2.75, 3.05) is 0 Å². The molecule has 3 nitrogen and oxygen atoms in total. The van der Waals surface area contributed by atoms with Gasteiger partial charge in [-0.25, -0.2) is 0 Å². The van der Waals surface area contributed by atoms with E-state index in [0.717, 1.165) is 16.3 Å². The molecule has 0 saturated carbocycles. The Bertz CT molecular complexity index is 850. The first kappa shape index (κ1) is 13.8. The van der Waals surface area contributed by atoms with Crippen molar-refractivity contribution in [2.24, 2.45) is 0 Å². The summed E-state index contributed by atoms with van der Waals surface area (Å²) in [5.41, 5.74) is 0.854. The van der Waals surface area contributed by atoms with Crippen LogP contribution >= 0.6 is 0 Å². The molecule has 106 valence electrons. The SMILES string of the molecule is O=S(=O)(OCc1cccc2ccccc12)c1ccccc1. The van der Waals surface area contributed by atoms with Crippen LogP contribution in [-0.2, 0) is 20.9 Å². The van der Waals surface area contributed by atoms with Crippen molar-refractivity contribution in [3.8, 4) is 0 Å². The number of rotatable bonds is 4. The summed E-state index contributed by atoms with van der Waals surface area (Å²) in [6.07, 6.45) is 0. The zero-order valence-corrected chi connectivity index (χ0v) is 12.1. The van der Waals surface area contributed by atoms with Gasteiger partial charge in [0.1, 0.15) is 0 Å². The Morgan fingerprint density at radius 1 is 0.762 bits per heavy atom. The van der Waals surface area contributed by atoms with E-state index >= 15 is 0 Å². The number of fused-ring (bicyclic) bond motifs is 1. The predicted molar refractivity (Wildman–Crippen MR) is 82.4 cm³/mol. The fraction of sp³-hybridized carbons (Fsp3) is 0.0588. The fourth-order valence-corrected chi connectivity index (χ4v) is 3.12. The molecule has 0 N–H and O–H groups in total. The molecule has 0 aliphatic heterocycles. The van der Waals surface area contributed by atoms with E-state index < -0.39 is 10.1 Å². The maximum Gasteiger partial charge on any atom is 0.297 e. The van der Waals surface area contributed by atoms with E-state index in [1.807, 2.05) is 42.5 Å². The summed E-state index contributed by atoms with van der Waals surface area (Å²) < 4.78 is 29.4. The molecule has 21 heavy (non-hydrogen) atoms. The third kappa shape index (κ3) is 2.96. The Kier molecular flexibility index (Phi) is 3.73. The average molecular weight is 298 g/mol. The van der Waals surface area contributed by atoms with Crippen molar-refractivity contribution in [3.63, 3.8) is 0 Å². The lowest BCUT2D eigenvalue weighted by molar-refractivity contribution is 0.309. The van der Waals surface area contributed by atoms with Crippen molar-refractivity contribution < 1.29 is 12.6 Å². The summed E-state index contributed by atoms with van der Waals surface area (Å²) in [4.78, 5) is 0.172. The van der Waals surface area contributed by atoms with Crippen LogP contribution in [0.25, 0.3) is 10.8 Å². The van der Waals surface area contributed by atoms with Crippen LogP contribution in [0.15, 0.2) is 77.7 Å². The molecule has 0 amide bonds. The van der Waals surface area contributed by atoms with Gasteiger partial charge in [-0.15, -0.1) is 0 Å². The molecule has 0 aliphatic rings. The highest BCUT2D eigenvalue weighted by Gasteiger charge is 2.15. The predicted octanol–water partition coefficient (Wildman–Crippen LogP) is 3.75. The summed E-state index contributed by atoms with van der Waals surface area (Å²) in [7, 11) is -3.73. The van der Waals surface area contributed by atoms with Crippen molar-refractivity contribution in [2.45, 2.75) is 11.5 Å². The lowest BCUT2D eigenvalue weighted by atomic mass is 10.1. The molecule has 0 bridgehead atoms. The molecule has 0 heterocycles. The molecule has 3 aromatic rings. The molecule has 0 radical (unpaired) electrons. The molecule has 0 spiro atoms. The minimum atomic E-state index is -3.73. The first-order valence-corrected chi connectivity index (χ1v) is 7.99. The zero-order chi connectivity index (χ0) is 14.7. The summed E-state index contributed by atoms with van der Waals surface area (Å²) in [5.74, 6) is 0. The number of hydrogen-bond donors (Lipinski definition) is 0. The summed E-state index contributed by atoms with van der Waals surface area (Å²) in [6.45, 7) is 0.0264. The van der Waals surface area contributed by atoms with E-state index in [4.69, 9.17) is 4.18 Å². The monoisotopic (exact) mass is 298 g/mol. The highest BCUT2D eigenvalue weighted by Crippen LogP contribution is 2.21. The van der Waals surface area contributed by atoms with Crippen LogP contribution in [0.5, 0.6) is 0 Å². The van der Waals surface area contributed by atoms with Gasteiger partial charge in [-0.3, -0.25) is 4.18 Å². The molecule has 0 unspecified atom stereocenters. The smallest absolute Gasteiger partial charge is 0.262 e. The Hall–Kier alpha value is -2.17. The van der Waals surface area contributed by atoms with Gasteiger partial charge in [0, 0.05) is 0 Å². The van der Waals surface area contributed by atoms with E-state index in [0.29, 0.717) is 0 Å². The van der Waals surface area contributed by atoms with E-state index in [-0.39, 0.29) is 11.5 Å². The van der Waals surface area contributed by atoms with E-state index in [1.165, 1.54) is 12.1 Å².